The van der Waals surface area contributed by atoms with Crippen molar-refractivity contribution in [2.24, 2.45) is 0 Å². The molecule has 4 aromatic heterocycles. The van der Waals surface area contributed by atoms with Gasteiger partial charge in [-0.05, 0) is 36.0 Å². The van der Waals surface area contributed by atoms with Crippen LogP contribution in [0.25, 0.3) is 34.2 Å². The molecule has 0 aliphatic rings. The van der Waals surface area contributed by atoms with Crippen molar-refractivity contribution in [3.63, 3.8) is 0 Å². The van der Waals surface area contributed by atoms with Crippen LogP contribution in [-0.2, 0) is 21.1 Å². The molecule has 4 rings (SSSR count). The number of aromatic carboxylic acids is 1. The molecule has 148 valence electrons. The summed E-state index contributed by atoms with van der Waals surface area (Å²) in [5.41, 5.74) is 0.794. The van der Waals surface area contributed by atoms with Crippen LogP contribution >= 0.6 is 0 Å². The molecule has 0 spiro atoms. The number of carboxylic acid groups (broad SMARTS) is 1. The van der Waals surface area contributed by atoms with Gasteiger partial charge in [-0.25, -0.2) is 18.6 Å². The van der Waals surface area contributed by atoms with Gasteiger partial charge >= 0.3 is 5.97 Å². The van der Waals surface area contributed by atoms with Crippen molar-refractivity contribution in [3.05, 3.63) is 78.3 Å². The Balaban J connectivity index is 0.00000240. The van der Waals surface area contributed by atoms with Gasteiger partial charge in [0.25, 0.3) is 0 Å². The maximum atomic E-state index is 13.9. The summed E-state index contributed by atoms with van der Waals surface area (Å²) >= 11 is 0. The molecule has 0 amide bonds. The summed E-state index contributed by atoms with van der Waals surface area (Å²) in [6.07, 6.45) is 0. The van der Waals surface area contributed by atoms with E-state index in [1.54, 1.807) is 42.5 Å². The minimum Gasteiger partial charge on any atom is -0.477 e. The van der Waals surface area contributed by atoms with Gasteiger partial charge in [0, 0.05) is 21.1 Å². The minimum absolute atomic E-state index is 0. The Kier molecular flexibility index (Phi) is 5.94. The van der Waals surface area contributed by atoms with Crippen LogP contribution in [0.4, 0.5) is 8.78 Å². The average molecular weight is 573 g/mol. The van der Waals surface area contributed by atoms with Crippen LogP contribution in [0.5, 0.6) is 0 Å². The van der Waals surface area contributed by atoms with Gasteiger partial charge in [0.15, 0.2) is 11.5 Å². The molecule has 0 aliphatic carbocycles. The van der Waals surface area contributed by atoms with Crippen molar-refractivity contribution in [1.82, 2.24) is 15.0 Å². The van der Waals surface area contributed by atoms with Crippen LogP contribution in [0.2, 0.25) is 0 Å². The first-order valence-electron chi connectivity index (χ1n) is 8.03. The molecular weight excluding hydrogens is 563 g/mol. The average Bonchev–Trinajstić information content (AvgIpc) is 3.18. The molecule has 0 radical (unpaired) electrons. The van der Waals surface area contributed by atoms with Crippen LogP contribution in [0.15, 0.2) is 59.0 Å². The molecule has 29 heavy (non-hydrogen) atoms. The van der Waals surface area contributed by atoms with Crippen LogP contribution < -0.4 is 0 Å². The largest absolute Gasteiger partial charge is 0.477 e. The van der Waals surface area contributed by atoms with Crippen molar-refractivity contribution in [2.45, 2.75) is 0 Å². The van der Waals surface area contributed by atoms with Crippen molar-refractivity contribution in [1.29, 1.82) is 0 Å². The third kappa shape index (κ3) is 4.27. The summed E-state index contributed by atoms with van der Waals surface area (Å²) in [7, 11) is 0. The van der Waals surface area contributed by atoms with Crippen LogP contribution in [0, 0.1) is 18.0 Å². The predicted octanol–water partition coefficient (Wildman–Crippen LogP) is 4.24. The molecule has 0 aliphatic heterocycles. The Morgan fingerprint density at radius 1 is 0.897 bits per heavy atom. The Bertz CT molecular complexity index is 1200. The van der Waals surface area contributed by atoms with Crippen molar-refractivity contribution in [3.8, 4) is 34.2 Å². The second-order valence-electron chi connectivity index (χ2n) is 5.67. The summed E-state index contributed by atoms with van der Waals surface area (Å²) in [6.45, 7) is 0. The maximum Gasteiger partial charge on any atom is 0.354 e. The smallest absolute Gasteiger partial charge is 0.354 e. The maximum absolute atomic E-state index is 13.9. The molecule has 1 N–H and O–H groups in total. The number of carbonyl (C=O) groups is 1. The molecule has 4 aromatic rings. The number of hydrogen-bond acceptors (Lipinski definition) is 5. The molecule has 0 fully saturated rings. The Morgan fingerprint density at radius 2 is 1.52 bits per heavy atom. The van der Waals surface area contributed by atoms with E-state index < -0.39 is 17.9 Å². The van der Waals surface area contributed by atoms with E-state index in [2.05, 4.69) is 21.0 Å². The fourth-order valence-electron chi connectivity index (χ4n) is 2.57. The minimum atomic E-state index is -1.14. The third-order valence-corrected chi connectivity index (χ3v) is 3.83. The fraction of sp³-hybridized carbons (Fsp3) is 0. The number of carboxylic acids is 1. The summed E-state index contributed by atoms with van der Waals surface area (Å²) in [5.74, 6) is -2.40. The van der Waals surface area contributed by atoms with E-state index in [1.165, 1.54) is 6.07 Å². The predicted molar refractivity (Wildman–Crippen MR) is 94.1 cm³/mol. The molecule has 4 heterocycles. The van der Waals surface area contributed by atoms with Gasteiger partial charge in [-0.3, -0.25) is 9.97 Å². The van der Waals surface area contributed by atoms with E-state index in [4.69, 9.17) is 9.52 Å². The van der Waals surface area contributed by atoms with Crippen LogP contribution in [-0.4, -0.2) is 26.0 Å². The molecule has 0 atom stereocenters. The Morgan fingerprint density at radius 3 is 2.17 bits per heavy atom. The van der Waals surface area contributed by atoms with Gasteiger partial charge in [0.2, 0.25) is 0 Å². The first kappa shape index (κ1) is 20.5. The van der Waals surface area contributed by atoms with E-state index in [1.807, 2.05) is 0 Å². The monoisotopic (exact) mass is 573 g/mol. The van der Waals surface area contributed by atoms with Gasteiger partial charge in [-0.15, -0.1) is 6.07 Å². The van der Waals surface area contributed by atoms with Crippen molar-refractivity contribution in [2.75, 3.05) is 0 Å². The standard InChI is InChI=1S/C20H10F2N3O3.Pt/c21-18-10-7-11(19(22)25-18)12-3-1-4-13(23-12)16-8-9-17(28-16)14-5-2-6-15(24-14)20(26)27;/h1-6,8-10H,(H,26,27);/q-1;. The molecule has 6 nitrogen and oxygen atoms in total. The van der Waals surface area contributed by atoms with Crippen LogP contribution in [0.1, 0.15) is 10.5 Å². The zero-order valence-electron chi connectivity index (χ0n) is 14.4. The molecule has 0 saturated carbocycles. The molecular formula is C20H10F2N3O3Pt-. The molecule has 0 unspecified atom stereocenters. The summed E-state index contributed by atoms with van der Waals surface area (Å²) in [6, 6.07) is 16.1. The van der Waals surface area contributed by atoms with E-state index >= 15 is 0 Å². The van der Waals surface area contributed by atoms with E-state index in [-0.39, 0.29) is 38.0 Å². The number of furan rings is 1. The molecule has 9 heteroatoms. The Labute approximate surface area is 177 Å². The first-order valence-corrected chi connectivity index (χ1v) is 8.03. The quantitative estimate of drug-likeness (QED) is 0.290. The SMILES string of the molecule is O=C(O)c1cccc(-c2ccc(-c3cccc(-c4[c-]cc(F)nc4F)n3)o2)n1.[Pt]. The van der Waals surface area contributed by atoms with E-state index in [0.717, 1.165) is 6.07 Å². The number of halogens is 2. The summed E-state index contributed by atoms with van der Waals surface area (Å²) in [5, 5.41) is 9.05. The fourth-order valence-corrected chi connectivity index (χ4v) is 2.57. The van der Waals surface area contributed by atoms with Gasteiger partial charge in [0.1, 0.15) is 23.3 Å². The number of pyridine rings is 3. The molecule has 0 saturated heterocycles. The second-order valence-corrected chi connectivity index (χ2v) is 5.67. The number of aromatic nitrogens is 3. The van der Waals surface area contributed by atoms with Crippen LogP contribution in [0.3, 0.4) is 0 Å². The molecule has 0 bridgehead atoms. The summed E-state index contributed by atoms with van der Waals surface area (Å²) in [4.78, 5) is 22.5. The van der Waals surface area contributed by atoms with E-state index in [9.17, 15) is 13.6 Å². The zero-order valence-corrected chi connectivity index (χ0v) is 16.6. The van der Waals surface area contributed by atoms with Gasteiger partial charge in [-0.1, -0.05) is 29.8 Å². The summed E-state index contributed by atoms with van der Waals surface area (Å²) < 4.78 is 32.6. The number of rotatable bonds is 4. The molecule has 0 aromatic carbocycles. The van der Waals surface area contributed by atoms with Crippen molar-refractivity contribution >= 4 is 5.97 Å². The van der Waals surface area contributed by atoms with Gasteiger partial charge in [0.05, 0.1) is 5.69 Å². The third-order valence-electron chi connectivity index (χ3n) is 3.83. The normalized spacial score (nSPS) is 10.4. The topological polar surface area (TPSA) is 89.1 Å². The van der Waals surface area contributed by atoms with Gasteiger partial charge < -0.3 is 9.52 Å². The van der Waals surface area contributed by atoms with Gasteiger partial charge in [-0.2, -0.15) is 0 Å². The second kappa shape index (κ2) is 8.41. The Hall–Kier alpha value is -3.25. The zero-order chi connectivity index (χ0) is 19.7. The number of nitrogens with zero attached hydrogens (tertiary/aromatic N) is 3. The van der Waals surface area contributed by atoms with E-state index in [0.29, 0.717) is 22.9 Å². The number of hydrogen-bond donors (Lipinski definition) is 1. The first-order chi connectivity index (χ1) is 13.5. The van der Waals surface area contributed by atoms with Crippen molar-refractivity contribution < 1.29 is 44.2 Å².